The molecule has 246 valence electrons. The smallest absolute Gasteiger partial charge is 0.164 e. The first-order valence-electron chi connectivity index (χ1n) is 17.8. The first kappa shape index (κ1) is 30.2. The van der Waals surface area contributed by atoms with Crippen molar-refractivity contribution in [2.45, 2.75) is 19.3 Å². The van der Waals surface area contributed by atoms with E-state index in [1.54, 1.807) is 0 Å². The van der Waals surface area contributed by atoms with Crippen LogP contribution in [0.25, 0.3) is 83.9 Å². The van der Waals surface area contributed by atoms with E-state index in [1.807, 2.05) is 36.4 Å². The number of hydrogen-bond acceptors (Lipinski definition) is 3. The van der Waals surface area contributed by atoms with E-state index < -0.39 is 0 Å². The molecule has 0 spiro atoms. The van der Waals surface area contributed by atoms with E-state index in [2.05, 4.69) is 152 Å². The average Bonchev–Trinajstić information content (AvgIpc) is 3.67. The van der Waals surface area contributed by atoms with Crippen LogP contribution in [0.15, 0.2) is 170 Å². The van der Waals surface area contributed by atoms with Gasteiger partial charge in [-0.3, -0.25) is 0 Å². The summed E-state index contributed by atoms with van der Waals surface area (Å²) in [5.74, 6) is 1.99. The van der Waals surface area contributed by atoms with E-state index in [9.17, 15) is 0 Å². The van der Waals surface area contributed by atoms with Crippen LogP contribution >= 0.6 is 0 Å². The van der Waals surface area contributed by atoms with Crippen LogP contribution in [0.2, 0.25) is 0 Å². The number of benzene rings is 7. The number of fused-ring (bicyclic) bond motifs is 6. The number of rotatable bonds is 5. The summed E-state index contributed by atoms with van der Waals surface area (Å²) in [6.45, 7) is 4.70. The Morgan fingerprint density at radius 3 is 1.69 bits per heavy atom. The molecule has 4 nitrogen and oxygen atoms in total. The van der Waals surface area contributed by atoms with Gasteiger partial charge in [-0.15, -0.1) is 0 Å². The molecule has 1 aliphatic rings. The van der Waals surface area contributed by atoms with Gasteiger partial charge in [-0.05, 0) is 69.8 Å². The van der Waals surface area contributed by atoms with Crippen LogP contribution in [0.3, 0.4) is 0 Å². The highest BCUT2D eigenvalue weighted by molar-refractivity contribution is 6.11. The fraction of sp³-hybridized carbons (Fsp3) is 0.0625. The number of para-hydroxylation sites is 2. The van der Waals surface area contributed by atoms with Crippen molar-refractivity contribution in [3.05, 3.63) is 181 Å². The predicted molar refractivity (Wildman–Crippen MR) is 213 cm³/mol. The molecule has 0 fully saturated rings. The van der Waals surface area contributed by atoms with Gasteiger partial charge in [0.1, 0.15) is 0 Å². The lowest BCUT2D eigenvalue weighted by Gasteiger charge is -2.25. The van der Waals surface area contributed by atoms with Gasteiger partial charge in [0, 0.05) is 38.6 Å². The van der Waals surface area contributed by atoms with Crippen LogP contribution < -0.4 is 0 Å². The predicted octanol–water partition coefficient (Wildman–Crippen LogP) is 11.9. The molecule has 0 amide bonds. The van der Waals surface area contributed by atoms with Crippen molar-refractivity contribution in [2.24, 2.45) is 0 Å². The second-order valence-corrected chi connectivity index (χ2v) is 14.0. The van der Waals surface area contributed by atoms with E-state index in [0.29, 0.717) is 17.5 Å². The second-order valence-electron chi connectivity index (χ2n) is 14.0. The van der Waals surface area contributed by atoms with E-state index in [-0.39, 0.29) is 5.41 Å². The molecule has 0 N–H and O–H groups in total. The fourth-order valence-corrected chi connectivity index (χ4v) is 8.26. The van der Waals surface area contributed by atoms with E-state index in [4.69, 9.17) is 15.0 Å². The molecule has 7 aromatic carbocycles. The van der Waals surface area contributed by atoms with Gasteiger partial charge in [0.15, 0.2) is 17.5 Å². The molecule has 0 bridgehead atoms. The topological polar surface area (TPSA) is 43.6 Å². The Kier molecular flexibility index (Phi) is 6.80. The van der Waals surface area contributed by atoms with Gasteiger partial charge in [-0.2, -0.15) is 0 Å². The molecule has 0 atom stereocenters. The zero-order valence-electron chi connectivity index (χ0n) is 29.0. The Hall–Kier alpha value is -6.65. The molecule has 0 saturated carbocycles. The standard InChI is InChI=1S/C48H34N4/c1-48(2)40-24-14-12-23-37(40)43-38(47-50-45(31-16-6-3-7-17-31)49-46(51-47)32-18-8-4-9-19-32)28-27-35(44(43)48)33-26-29-42-39(30-33)36-22-13-15-25-41(36)52(42)34-20-10-5-11-21-34/h3-30H,1-2H3. The Morgan fingerprint density at radius 1 is 0.423 bits per heavy atom. The third kappa shape index (κ3) is 4.65. The van der Waals surface area contributed by atoms with Gasteiger partial charge >= 0.3 is 0 Å². The largest absolute Gasteiger partial charge is 0.309 e. The third-order valence-electron chi connectivity index (χ3n) is 10.6. The lowest BCUT2D eigenvalue weighted by Crippen LogP contribution is -2.16. The monoisotopic (exact) mass is 666 g/mol. The number of hydrogen-bond donors (Lipinski definition) is 0. The summed E-state index contributed by atoms with van der Waals surface area (Å²) in [4.78, 5) is 15.3. The first-order valence-corrected chi connectivity index (χ1v) is 17.8. The molecule has 10 rings (SSSR count). The lowest BCUT2D eigenvalue weighted by molar-refractivity contribution is 0.662. The molecule has 0 radical (unpaired) electrons. The van der Waals surface area contributed by atoms with Crippen molar-refractivity contribution < 1.29 is 0 Å². The van der Waals surface area contributed by atoms with Crippen molar-refractivity contribution in [1.82, 2.24) is 19.5 Å². The zero-order chi connectivity index (χ0) is 34.8. The Morgan fingerprint density at radius 2 is 0.981 bits per heavy atom. The molecule has 0 unspecified atom stereocenters. The SMILES string of the molecule is CC1(C)c2ccccc2-c2c(-c3nc(-c4ccccc4)nc(-c4ccccc4)n3)ccc(-c3ccc4c(c3)c3ccccc3n4-c3ccccc3)c21. The summed E-state index contributed by atoms with van der Waals surface area (Å²) < 4.78 is 2.37. The highest BCUT2D eigenvalue weighted by Crippen LogP contribution is 2.55. The summed E-state index contributed by atoms with van der Waals surface area (Å²) in [6, 6.07) is 60.0. The van der Waals surface area contributed by atoms with Crippen molar-refractivity contribution >= 4 is 21.8 Å². The van der Waals surface area contributed by atoms with Crippen LogP contribution in [0.4, 0.5) is 0 Å². The zero-order valence-corrected chi connectivity index (χ0v) is 29.0. The molecule has 9 aromatic rings. The van der Waals surface area contributed by atoms with Crippen LogP contribution in [0.1, 0.15) is 25.0 Å². The Balaban J connectivity index is 1.23. The maximum absolute atomic E-state index is 5.18. The molecule has 0 saturated heterocycles. The lowest BCUT2D eigenvalue weighted by atomic mass is 9.78. The van der Waals surface area contributed by atoms with E-state index in [1.165, 1.54) is 55.2 Å². The Labute approximate surface area is 302 Å². The third-order valence-corrected chi connectivity index (χ3v) is 10.6. The molecular weight excluding hydrogens is 633 g/mol. The maximum atomic E-state index is 5.18. The quantitative estimate of drug-likeness (QED) is 0.184. The van der Waals surface area contributed by atoms with Crippen molar-refractivity contribution in [3.8, 4) is 62.1 Å². The summed E-state index contributed by atoms with van der Waals surface area (Å²) in [6.07, 6.45) is 0. The van der Waals surface area contributed by atoms with Gasteiger partial charge in [-0.1, -0.05) is 147 Å². The second kappa shape index (κ2) is 11.7. The van der Waals surface area contributed by atoms with Crippen LogP contribution in [-0.4, -0.2) is 19.5 Å². The van der Waals surface area contributed by atoms with E-state index in [0.717, 1.165) is 22.4 Å². The Bertz CT molecular complexity index is 2740. The minimum Gasteiger partial charge on any atom is -0.309 e. The molecular formula is C48H34N4. The summed E-state index contributed by atoms with van der Waals surface area (Å²) in [7, 11) is 0. The summed E-state index contributed by atoms with van der Waals surface area (Å²) in [5, 5.41) is 2.48. The maximum Gasteiger partial charge on any atom is 0.164 e. The number of aromatic nitrogens is 4. The average molecular weight is 667 g/mol. The minimum atomic E-state index is -0.262. The highest BCUT2D eigenvalue weighted by Gasteiger charge is 2.39. The van der Waals surface area contributed by atoms with Gasteiger partial charge in [-0.25, -0.2) is 15.0 Å². The summed E-state index contributed by atoms with van der Waals surface area (Å²) in [5.41, 5.74) is 13.6. The van der Waals surface area contributed by atoms with Crippen LogP contribution in [0, 0.1) is 0 Å². The van der Waals surface area contributed by atoms with Crippen molar-refractivity contribution in [2.75, 3.05) is 0 Å². The highest BCUT2D eigenvalue weighted by atomic mass is 15.0. The number of nitrogens with zero attached hydrogens (tertiary/aromatic N) is 4. The fourth-order valence-electron chi connectivity index (χ4n) is 8.26. The van der Waals surface area contributed by atoms with Crippen molar-refractivity contribution in [3.63, 3.8) is 0 Å². The molecule has 2 aromatic heterocycles. The van der Waals surface area contributed by atoms with E-state index >= 15 is 0 Å². The molecule has 2 heterocycles. The van der Waals surface area contributed by atoms with Gasteiger partial charge in [0.2, 0.25) is 0 Å². The first-order chi connectivity index (χ1) is 25.6. The molecule has 52 heavy (non-hydrogen) atoms. The van der Waals surface area contributed by atoms with Gasteiger partial charge < -0.3 is 4.57 Å². The van der Waals surface area contributed by atoms with Crippen LogP contribution in [0.5, 0.6) is 0 Å². The molecule has 0 aliphatic heterocycles. The minimum absolute atomic E-state index is 0.262. The van der Waals surface area contributed by atoms with Gasteiger partial charge in [0.05, 0.1) is 11.0 Å². The van der Waals surface area contributed by atoms with Gasteiger partial charge in [0.25, 0.3) is 0 Å². The van der Waals surface area contributed by atoms with Crippen LogP contribution in [-0.2, 0) is 5.41 Å². The molecule has 1 aliphatic carbocycles. The molecule has 4 heteroatoms. The van der Waals surface area contributed by atoms with Crippen molar-refractivity contribution in [1.29, 1.82) is 0 Å². The normalized spacial score (nSPS) is 13.0. The summed E-state index contributed by atoms with van der Waals surface area (Å²) >= 11 is 0.